The predicted molar refractivity (Wildman–Crippen MR) is 148 cm³/mol. The lowest BCUT2D eigenvalue weighted by atomic mass is 10.2. The number of aromatic nitrogens is 3. The van der Waals surface area contributed by atoms with Crippen molar-refractivity contribution in [2.45, 2.75) is 38.3 Å². The Morgan fingerprint density at radius 2 is 1.64 bits per heavy atom. The second-order valence-corrected chi connectivity index (χ2v) is 10.1. The lowest BCUT2D eigenvalue weighted by Gasteiger charge is -2.34. The molecule has 1 saturated heterocycles. The van der Waals surface area contributed by atoms with Crippen LogP contribution in [0.3, 0.4) is 0 Å². The molecule has 36 heavy (non-hydrogen) atoms. The summed E-state index contributed by atoms with van der Waals surface area (Å²) in [5.41, 5.74) is 5.71. The van der Waals surface area contributed by atoms with Crippen LogP contribution < -0.4 is 15.5 Å². The molecule has 1 saturated carbocycles. The third kappa shape index (κ3) is 4.88. The van der Waals surface area contributed by atoms with E-state index in [0.717, 1.165) is 55.1 Å². The minimum absolute atomic E-state index is 0.501. The number of benzene rings is 2. The van der Waals surface area contributed by atoms with Crippen LogP contribution in [0.2, 0.25) is 0 Å². The Balaban J connectivity index is 1.23. The molecule has 0 radical (unpaired) electrons. The van der Waals surface area contributed by atoms with E-state index in [4.69, 9.17) is 4.98 Å². The molecule has 3 heterocycles. The van der Waals surface area contributed by atoms with Gasteiger partial charge in [-0.2, -0.15) is 4.98 Å². The highest BCUT2D eigenvalue weighted by Crippen LogP contribution is 2.35. The molecule has 1 aliphatic carbocycles. The van der Waals surface area contributed by atoms with Crippen molar-refractivity contribution < 1.29 is 0 Å². The van der Waals surface area contributed by atoms with E-state index in [9.17, 15) is 0 Å². The van der Waals surface area contributed by atoms with Crippen molar-refractivity contribution in [3.05, 3.63) is 72.6 Å². The maximum atomic E-state index is 5.01. The van der Waals surface area contributed by atoms with Crippen LogP contribution in [0.15, 0.2) is 66.9 Å². The van der Waals surface area contributed by atoms with Crippen molar-refractivity contribution in [3.63, 3.8) is 0 Å². The fourth-order valence-electron chi connectivity index (χ4n) is 5.53. The number of para-hydroxylation sites is 1. The number of likely N-dealkylation sites (N-methyl/N-ethyl adjacent to an activating group) is 1. The Hall–Kier alpha value is -3.58. The molecule has 0 bridgehead atoms. The first-order chi connectivity index (χ1) is 17.7. The summed E-state index contributed by atoms with van der Waals surface area (Å²) in [4.78, 5) is 14.5. The minimum atomic E-state index is 0.501. The second-order valence-electron chi connectivity index (χ2n) is 10.1. The number of anilines is 4. The third-order valence-electron chi connectivity index (χ3n) is 7.58. The molecule has 2 aromatic carbocycles. The monoisotopic (exact) mass is 481 g/mol. The van der Waals surface area contributed by atoms with Gasteiger partial charge in [0, 0.05) is 66.6 Å². The van der Waals surface area contributed by atoms with Crippen molar-refractivity contribution in [1.82, 2.24) is 19.4 Å². The number of hydrogen-bond donors (Lipinski definition) is 2. The van der Waals surface area contributed by atoms with Crippen molar-refractivity contribution >= 4 is 34.0 Å². The zero-order valence-electron chi connectivity index (χ0n) is 21.0. The van der Waals surface area contributed by atoms with E-state index < -0.39 is 0 Å². The van der Waals surface area contributed by atoms with Gasteiger partial charge in [-0.15, -0.1) is 0 Å². The van der Waals surface area contributed by atoms with Crippen LogP contribution in [0.5, 0.6) is 0 Å². The largest absolute Gasteiger partial charge is 0.379 e. The first kappa shape index (κ1) is 22.9. The minimum Gasteiger partial charge on any atom is -0.379 e. The summed E-state index contributed by atoms with van der Waals surface area (Å²) < 4.78 is 2.46. The Kier molecular flexibility index (Phi) is 6.47. The summed E-state index contributed by atoms with van der Waals surface area (Å²) in [6, 6.07) is 21.8. The number of rotatable bonds is 7. The molecule has 6 rings (SSSR count). The van der Waals surface area contributed by atoms with Crippen LogP contribution in [-0.4, -0.2) is 52.7 Å². The molecule has 0 spiro atoms. The predicted octanol–water partition coefficient (Wildman–Crippen LogP) is 5.65. The number of nitrogens with zero attached hydrogens (tertiary/aromatic N) is 5. The van der Waals surface area contributed by atoms with Crippen LogP contribution >= 0.6 is 0 Å². The van der Waals surface area contributed by atoms with Gasteiger partial charge in [-0.05, 0) is 62.4 Å². The van der Waals surface area contributed by atoms with Gasteiger partial charge in [-0.25, -0.2) is 4.98 Å². The average molecular weight is 482 g/mol. The lowest BCUT2D eigenvalue weighted by molar-refractivity contribution is 0.313. The number of nitrogens with one attached hydrogen (secondary N) is 2. The van der Waals surface area contributed by atoms with Gasteiger partial charge in [0.2, 0.25) is 5.95 Å². The van der Waals surface area contributed by atoms with Gasteiger partial charge >= 0.3 is 0 Å². The van der Waals surface area contributed by atoms with Crippen LogP contribution in [0.1, 0.15) is 37.4 Å². The van der Waals surface area contributed by atoms with Crippen LogP contribution in [0.4, 0.5) is 23.0 Å². The highest BCUT2D eigenvalue weighted by Gasteiger charge is 2.23. The van der Waals surface area contributed by atoms with Crippen LogP contribution in [-0.2, 0) is 6.54 Å². The van der Waals surface area contributed by atoms with E-state index in [1.165, 1.54) is 37.1 Å². The number of piperazine rings is 1. The molecule has 1 aliphatic heterocycles. The molecule has 2 aromatic heterocycles. The Morgan fingerprint density at radius 3 is 2.39 bits per heavy atom. The lowest BCUT2D eigenvalue weighted by Crippen LogP contribution is -2.44. The number of hydrogen-bond acceptors (Lipinski definition) is 6. The summed E-state index contributed by atoms with van der Waals surface area (Å²) in [6.07, 6.45) is 6.95. The van der Waals surface area contributed by atoms with Gasteiger partial charge in [0.15, 0.2) is 0 Å². The first-order valence-corrected chi connectivity index (χ1v) is 13.2. The van der Waals surface area contributed by atoms with E-state index in [1.54, 1.807) is 0 Å². The quantitative estimate of drug-likeness (QED) is 0.356. The summed E-state index contributed by atoms with van der Waals surface area (Å²) in [5.74, 6) is 0.648. The topological polar surface area (TPSA) is 61.2 Å². The Morgan fingerprint density at radius 1 is 0.889 bits per heavy atom. The fraction of sp³-hybridized carbons (Fsp3) is 0.379. The molecule has 7 heteroatoms. The summed E-state index contributed by atoms with van der Waals surface area (Å²) in [7, 11) is 2.19. The Bertz CT molecular complexity index is 1280. The average Bonchev–Trinajstić information content (AvgIpc) is 3.56. The van der Waals surface area contributed by atoms with Crippen LogP contribution in [0, 0.1) is 0 Å². The van der Waals surface area contributed by atoms with Crippen molar-refractivity contribution in [2.24, 2.45) is 0 Å². The van der Waals surface area contributed by atoms with Gasteiger partial charge in [0.25, 0.3) is 0 Å². The van der Waals surface area contributed by atoms with Gasteiger partial charge in [-0.1, -0.05) is 31.0 Å². The molecule has 0 amide bonds. The highest BCUT2D eigenvalue weighted by atomic mass is 15.2. The molecular formula is C29H35N7. The zero-order chi connectivity index (χ0) is 24.3. The fourth-order valence-corrected chi connectivity index (χ4v) is 5.53. The molecule has 0 atom stereocenters. The van der Waals surface area contributed by atoms with E-state index in [2.05, 4.69) is 91.6 Å². The molecule has 0 unspecified atom stereocenters. The SMILES string of the molecule is CN1CCN(c2ccc(Nc3ncc4cc(CNc5ccccc5)n(C5CCCC5)c4n3)cc2)CC1. The summed E-state index contributed by atoms with van der Waals surface area (Å²) in [6.45, 7) is 5.13. The van der Waals surface area contributed by atoms with E-state index >= 15 is 0 Å². The van der Waals surface area contributed by atoms with Crippen LogP contribution in [0.25, 0.3) is 11.0 Å². The maximum Gasteiger partial charge on any atom is 0.229 e. The first-order valence-electron chi connectivity index (χ1n) is 13.2. The van der Waals surface area contributed by atoms with Gasteiger partial charge in [-0.3, -0.25) is 0 Å². The van der Waals surface area contributed by atoms with Crippen molar-refractivity contribution in [1.29, 1.82) is 0 Å². The third-order valence-corrected chi connectivity index (χ3v) is 7.58. The van der Waals surface area contributed by atoms with E-state index in [0.29, 0.717) is 12.0 Å². The molecule has 4 aromatic rings. The second kappa shape index (κ2) is 10.2. The highest BCUT2D eigenvalue weighted by molar-refractivity contribution is 5.78. The van der Waals surface area contributed by atoms with E-state index in [1.807, 2.05) is 12.3 Å². The zero-order valence-corrected chi connectivity index (χ0v) is 21.0. The normalized spacial score (nSPS) is 17.1. The summed E-state index contributed by atoms with van der Waals surface area (Å²) in [5, 5.41) is 8.12. The Labute approximate surface area is 213 Å². The number of fused-ring (bicyclic) bond motifs is 1. The standard InChI is InChI=1S/C29H35N7/c1-34-15-17-35(18-16-34)25-13-11-24(12-14-25)32-29-31-20-22-19-27(21-30-23-7-3-2-4-8-23)36(28(22)33-29)26-9-5-6-10-26/h2-4,7-8,11-14,19-20,26,30H,5-6,9-10,15-18,21H2,1H3,(H,31,32,33). The van der Waals surface area contributed by atoms with Crippen molar-refractivity contribution in [3.8, 4) is 0 Å². The van der Waals surface area contributed by atoms with E-state index in [-0.39, 0.29) is 0 Å². The molecule has 2 N–H and O–H groups in total. The molecule has 7 nitrogen and oxygen atoms in total. The van der Waals surface area contributed by atoms with Crippen molar-refractivity contribution in [2.75, 3.05) is 48.8 Å². The van der Waals surface area contributed by atoms with Gasteiger partial charge < -0.3 is 25.0 Å². The van der Waals surface area contributed by atoms with Gasteiger partial charge in [0.1, 0.15) is 5.65 Å². The smallest absolute Gasteiger partial charge is 0.229 e. The maximum absolute atomic E-state index is 5.01. The summed E-state index contributed by atoms with van der Waals surface area (Å²) >= 11 is 0. The molecule has 186 valence electrons. The molecule has 2 fully saturated rings. The molecule has 2 aliphatic rings. The molecular weight excluding hydrogens is 446 g/mol. The van der Waals surface area contributed by atoms with Gasteiger partial charge in [0.05, 0.1) is 6.54 Å².